The summed E-state index contributed by atoms with van der Waals surface area (Å²) in [6.45, 7) is 0. The minimum atomic E-state index is -2.51. The van der Waals surface area contributed by atoms with Gasteiger partial charge in [0.05, 0.1) is 0 Å². The lowest BCUT2D eigenvalue weighted by molar-refractivity contribution is 1.73. The minimum absolute atomic E-state index is 1.30. The molecule has 0 unspecified atom stereocenters. The molecule has 6 heteroatoms. The summed E-state index contributed by atoms with van der Waals surface area (Å²) < 4.78 is 4.69. The average Bonchev–Trinajstić information content (AvgIpc) is 3.38. The van der Waals surface area contributed by atoms with Gasteiger partial charge in [-0.05, 0) is 109 Å². The van der Waals surface area contributed by atoms with E-state index in [0.29, 0.717) is 0 Å². The summed E-state index contributed by atoms with van der Waals surface area (Å²) in [4.78, 5) is 0. The van der Waals surface area contributed by atoms with Gasteiger partial charge in [0, 0.05) is 24.6 Å². The molecular weight excluding hydrogens is 870 g/mol. The van der Waals surface area contributed by atoms with Crippen molar-refractivity contribution in [2.45, 2.75) is 0 Å². The van der Waals surface area contributed by atoms with Crippen LogP contribution < -0.4 is 62.0 Å². The van der Waals surface area contributed by atoms with Gasteiger partial charge < -0.3 is 0 Å². The van der Waals surface area contributed by atoms with Crippen LogP contribution in [0.3, 0.4) is 0 Å². The van der Waals surface area contributed by atoms with Crippen LogP contribution in [0.15, 0.2) is 273 Å². The molecule has 0 fully saturated rings. The zero-order chi connectivity index (χ0) is 42.4. The molecule has 0 amide bonds. The maximum atomic E-state index is 2.42. The van der Waals surface area contributed by atoms with E-state index < -0.39 is 21.8 Å². The first-order valence-electron chi connectivity index (χ1n) is 21.2. The zero-order valence-electron chi connectivity index (χ0n) is 34.7. The van der Waals surface area contributed by atoms with Crippen LogP contribution in [-0.2, 0) is 0 Å². The topological polar surface area (TPSA) is 0 Å². The van der Waals surface area contributed by atoms with Gasteiger partial charge in [0.15, 0.2) is 36.1 Å². The molecule has 0 aliphatic carbocycles. The molecule has 1 heterocycles. The fourth-order valence-corrected chi connectivity index (χ4v) is 36.8. The fraction of sp³-hybridized carbons (Fsp3) is 0. The fourth-order valence-electron chi connectivity index (χ4n) is 9.04. The van der Waals surface area contributed by atoms with Crippen LogP contribution in [-0.4, -0.2) is 0 Å². The lowest BCUT2D eigenvalue weighted by Gasteiger charge is -2.32. The molecule has 0 spiro atoms. The molecule has 0 saturated heterocycles. The van der Waals surface area contributed by atoms with Crippen molar-refractivity contribution >= 4 is 108 Å². The first kappa shape index (κ1) is 41.8. The summed E-state index contributed by atoms with van der Waals surface area (Å²) in [5, 5.41) is 12.5. The van der Waals surface area contributed by atoms with Crippen LogP contribution in [0.25, 0.3) is 0 Å². The van der Waals surface area contributed by atoms with Crippen molar-refractivity contribution < 1.29 is 0 Å². The third-order valence-electron chi connectivity index (χ3n) is 11.8. The molecule has 300 valence electrons. The lowest BCUT2D eigenvalue weighted by atomic mass is 10.4. The van der Waals surface area contributed by atoms with E-state index in [1.54, 1.807) is 14.3 Å². The van der Waals surface area contributed by atoms with Crippen molar-refractivity contribution in [2.75, 3.05) is 0 Å². The Morgan fingerprint density at radius 1 is 0.159 bits per heavy atom. The van der Waals surface area contributed by atoms with Crippen molar-refractivity contribution in [1.82, 2.24) is 0 Å². The Bertz CT molecular complexity index is 2380. The number of benzene rings is 9. The molecular formula is C57H45P6+3. The number of rotatable bonds is 12. The SMILES string of the molecule is c1ccc([P+](c2ccccc2)(c2ccccc2)c2pc([P+](c3ccccc3)(c3ccccc3)c3ccccc3)pc([P+](c3ccccc3)(c3ccccc3)c3ccccc3)p2)cc1. The van der Waals surface area contributed by atoms with Gasteiger partial charge in [-0.1, -0.05) is 164 Å². The molecule has 10 rings (SSSR count). The van der Waals surface area contributed by atoms with Crippen LogP contribution in [0.4, 0.5) is 0 Å². The second-order valence-electron chi connectivity index (χ2n) is 15.3. The van der Waals surface area contributed by atoms with E-state index in [4.69, 9.17) is 0 Å². The third-order valence-corrected chi connectivity index (χ3v) is 33.4. The highest BCUT2D eigenvalue weighted by molar-refractivity contribution is 8.20. The predicted octanol–water partition coefficient (Wildman–Crippen LogP) is 11.3. The molecule has 0 aliphatic rings. The first-order valence-corrected chi connectivity index (χ1v) is 29.3. The van der Waals surface area contributed by atoms with Crippen LogP contribution in [0.1, 0.15) is 0 Å². The third kappa shape index (κ3) is 7.49. The highest BCUT2D eigenvalue weighted by atomic mass is 31.2. The molecule has 0 saturated carbocycles. The van der Waals surface area contributed by atoms with Crippen LogP contribution in [0, 0.1) is 0 Å². The van der Waals surface area contributed by atoms with E-state index in [9.17, 15) is 0 Å². The molecule has 0 N–H and O–H groups in total. The first-order chi connectivity index (χ1) is 31.3. The molecule has 0 nitrogen and oxygen atoms in total. The number of hydrogen-bond acceptors (Lipinski definition) is 0. The Hall–Kier alpha value is -5.22. The molecule has 0 atom stereocenters. The lowest BCUT2D eigenvalue weighted by Crippen LogP contribution is -2.42. The van der Waals surface area contributed by atoms with Gasteiger partial charge in [-0.15, -0.1) is 0 Å². The van der Waals surface area contributed by atoms with Gasteiger partial charge in [-0.3, -0.25) is 0 Å². The Morgan fingerprint density at radius 3 is 0.381 bits per heavy atom. The summed E-state index contributed by atoms with van der Waals surface area (Å²) in [5.74, 6) is 0. The summed E-state index contributed by atoms with van der Waals surface area (Å²) in [5.41, 5.74) is 0. The maximum absolute atomic E-state index is 2.51. The molecule has 9 aromatic carbocycles. The molecule has 0 bridgehead atoms. The Morgan fingerprint density at radius 2 is 0.270 bits per heavy atom. The van der Waals surface area contributed by atoms with Crippen molar-refractivity contribution in [1.29, 1.82) is 0 Å². The van der Waals surface area contributed by atoms with E-state index in [1.165, 1.54) is 72.3 Å². The van der Waals surface area contributed by atoms with E-state index in [1.807, 2.05) is 0 Å². The van der Waals surface area contributed by atoms with Gasteiger partial charge in [-0.25, -0.2) is 0 Å². The monoisotopic (exact) mass is 915 g/mol. The van der Waals surface area contributed by atoms with Crippen LogP contribution in [0.5, 0.6) is 0 Å². The normalized spacial score (nSPS) is 12.2. The van der Waals surface area contributed by atoms with E-state index in [0.717, 1.165) is 0 Å². The number of hydrogen-bond donors (Lipinski definition) is 0. The summed E-state index contributed by atoms with van der Waals surface area (Å²) in [6.07, 6.45) is 0. The zero-order valence-corrected chi connectivity index (χ0v) is 40.0. The van der Waals surface area contributed by atoms with Crippen LogP contribution >= 0.6 is 46.4 Å². The molecule has 10 aromatic rings. The average molecular weight is 916 g/mol. The van der Waals surface area contributed by atoms with E-state index >= 15 is 0 Å². The Labute approximate surface area is 379 Å². The van der Waals surface area contributed by atoms with Gasteiger partial charge in [-0.2, -0.15) is 0 Å². The largest absolute Gasteiger partial charge is 0.169 e. The predicted molar refractivity (Wildman–Crippen MR) is 288 cm³/mol. The van der Waals surface area contributed by atoms with Gasteiger partial charge in [0.25, 0.3) is 0 Å². The van der Waals surface area contributed by atoms with Crippen molar-refractivity contribution in [3.8, 4) is 0 Å². The van der Waals surface area contributed by atoms with Gasteiger partial charge in [0.2, 0.25) is 0 Å². The Kier molecular flexibility index (Phi) is 12.5. The highest BCUT2D eigenvalue weighted by Crippen LogP contribution is 2.66. The van der Waals surface area contributed by atoms with Crippen molar-refractivity contribution in [3.05, 3.63) is 273 Å². The second-order valence-corrected chi connectivity index (χ2v) is 31.8. The minimum Gasteiger partial charge on any atom is -0.0620 e. The van der Waals surface area contributed by atoms with E-state index in [2.05, 4.69) is 273 Å². The maximum Gasteiger partial charge on any atom is 0.169 e. The smallest absolute Gasteiger partial charge is 0.0620 e. The highest BCUT2D eigenvalue weighted by Gasteiger charge is 2.57. The molecule has 0 aliphatic heterocycles. The van der Waals surface area contributed by atoms with Gasteiger partial charge >= 0.3 is 0 Å². The second kappa shape index (κ2) is 18.9. The Balaban J connectivity index is 1.48. The van der Waals surface area contributed by atoms with Crippen molar-refractivity contribution in [2.24, 2.45) is 0 Å². The summed E-state index contributed by atoms with van der Waals surface area (Å²) in [7, 11) is -3.62. The molecule has 63 heavy (non-hydrogen) atoms. The van der Waals surface area contributed by atoms with Gasteiger partial charge in [0.1, 0.15) is 47.7 Å². The van der Waals surface area contributed by atoms with Crippen LogP contribution in [0.2, 0.25) is 0 Å². The summed E-state index contributed by atoms with van der Waals surface area (Å²) in [6, 6.07) is 104. The van der Waals surface area contributed by atoms with E-state index in [-0.39, 0.29) is 0 Å². The quantitative estimate of drug-likeness (QED) is 0.107. The molecule has 0 radical (unpaired) electrons. The van der Waals surface area contributed by atoms with Crippen molar-refractivity contribution in [3.63, 3.8) is 0 Å². The summed E-state index contributed by atoms with van der Waals surface area (Å²) >= 11 is 0. The standard InChI is InChI=1S/C57H45P6/c1-10-28-46(29-11-1)61(47-30-12-2-13-31-47,48-32-14-3-15-33-48)55-58-56(62(49-34-16-4-17-35-49,50-36-18-5-19-37-50)51-38-20-6-21-39-51)60-57(59-55)63(52-40-22-7-23-41-52,53-42-24-8-25-43-53)54-44-26-9-27-45-54/h1-45H/q+3. The molecule has 1 aromatic heterocycles.